The van der Waals surface area contributed by atoms with Gasteiger partial charge in [0.2, 0.25) is 4.96 Å². The molecule has 0 atom stereocenters. The van der Waals surface area contributed by atoms with Gasteiger partial charge in [0.15, 0.2) is 17.3 Å². The number of nitrogens with zero attached hydrogens (tertiary/aromatic N) is 5. The molecular formula is C35H33N5O3S2. The van der Waals surface area contributed by atoms with Gasteiger partial charge in [-0.2, -0.15) is 14.6 Å². The average Bonchev–Trinajstić information content (AvgIpc) is 3.76. The minimum Gasteiger partial charge on any atom is -0.493 e. The number of hydrogen-bond donors (Lipinski definition) is 0. The molecule has 45 heavy (non-hydrogen) atoms. The third kappa shape index (κ3) is 6.87. The standard InChI is InChI=1S/C35H33N5O3S2/c1-4-6-20-43-29-18-12-24(21-30(29)42-3)13-19-32-36-35-40(37-32)34(41)31(45-35)22-26-23-39(27-10-8-7-9-11-27)38-33(26)25-14-16-28(17-15-25)44-5-2/h7-19,21-23H,4-6,20H2,1-3H3/b19-13+,31-22-. The van der Waals surface area contributed by atoms with Crippen LogP contribution in [0.3, 0.4) is 0 Å². The van der Waals surface area contributed by atoms with Crippen molar-refractivity contribution < 1.29 is 9.47 Å². The van der Waals surface area contributed by atoms with Gasteiger partial charge in [-0.3, -0.25) is 4.79 Å². The minimum absolute atomic E-state index is 0.217. The van der Waals surface area contributed by atoms with Crippen molar-refractivity contribution >= 4 is 46.3 Å². The fourth-order valence-electron chi connectivity index (χ4n) is 4.77. The molecule has 3 aromatic heterocycles. The second kappa shape index (κ2) is 14.0. The molecule has 0 N–H and O–H groups in total. The minimum atomic E-state index is -0.217. The Morgan fingerprint density at radius 2 is 1.78 bits per heavy atom. The molecular weight excluding hydrogens is 603 g/mol. The Kier molecular flexibility index (Phi) is 9.42. The molecule has 0 aliphatic rings. The normalized spacial score (nSPS) is 12.0. The molecule has 0 aliphatic heterocycles. The number of thiazole rings is 1. The van der Waals surface area contributed by atoms with E-state index in [9.17, 15) is 4.79 Å². The van der Waals surface area contributed by atoms with Gasteiger partial charge in [0.05, 0.1) is 29.6 Å². The van der Waals surface area contributed by atoms with Crippen LogP contribution in [-0.4, -0.2) is 43.8 Å². The van der Waals surface area contributed by atoms with Gasteiger partial charge < -0.3 is 9.47 Å². The molecule has 0 saturated carbocycles. The summed E-state index contributed by atoms with van der Waals surface area (Å²) >= 11 is 3.10. The predicted molar refractivity (Wildman–Crippen MR) is 184 cm³/mol. The topological polar surface area (TPSA) is 83.5 Å². The Bertz CT molecular complexity index is 2050. The Balaban J connectivity index is 1.30. The highest BCUT2D eigenvalue weighted by Crippen LogP contribution is 2.29. The van der Waals surface area contributed by atoms with Crippen LogP contribution in [0.1, 0.15) is 43.6 Å². The first-order chi connectivity index (χ1) is 22.1. The van der Waals surface area contributed by atoms with Gasteiger partial charge in [0, 0.05) is 22.2 Å². The number of hydrogen-bond acceptors (Lipinski definition) is 8. The monoisotopic (exact) mass is 635 g/mol. The SMILES string of the molecule is CCCCOc1ccc(/C=C/c2nc3s/c(=C\c4cn(-c5ccccc5)nc4-c4ccc(SCC)cc4)c(=O)n3n2)cc1OC. The second-order valence-corrected chi connectivity index (χ2v) is 12.5. The Morgan fingerprint density at radius 1 is 0.956 bits per heavy atom. The maximum atomic E-state index is 13.4. The first-order valence-corrected chi connectivity index (χ1v) is 16.6. The van der Waals surface area contributed by atoms with Gasteiger partial charge in [-0.1, -0.05) is 74.1 Å². The molecule has 0 bridgehead atoms. The van der Waals surface area contributed by atoms with Crippen molar-refractivity contribution in [1.29, 1.82) is 0 Å². The predicted octanol–water partition coefficient (Wildman–Crippen LogP) is 7.02. The van der Waals surface area contributed by atoms with Gasteiger partial charge in [0.25, 0.3) is 5.56 Å². The summed E-state index contributed by atoms with van der Waals surface area (Å²) in [5, 5.41) is 9.39. The van der Waals surface area contributed by atoms with Gasteiger partial charge in [0.1, 0.15) is 0 Å². The van der Waals surface area contributed by atoms with Crippen LogP contribution in [0.5, 0.6) is 11.5 Å². The molecule has 6 aromatic rings. The van der Waals surface area contributed by atoms with E-state index in [1.54, 1.807) is 24.9 Å². The molecule has 6 rings (SSSR count). The van der Waals surface area contributed by atoms with E-state index in [0.717, 1.165) is 46.7 Å². The van der Waals surface area contributed by atoms with E-state index in [1.807, 2.05) is 71.6 Å². The molecule has 3 aromatic carbocycles. The quantitative estimate of drug-likeness (QED) is 0.106. The summed E-state index contributed by atoms with van der Waals surface area (Å²) in [7, 11) is 1.63. The molecule has 8 nitrogen and oxygen atoms in total. The van der Waals surface area contributed by atoms with Crippen LogP contribution in [0, 0.1) is 0 Å². The third-order valence-corrected chi connectivity index (χ3v) is 8.91. The van der Waals surface area contributed by atoms with Crippen LogP contribution < -0.4 is 19.6 Å². The number of unbranched alkanes of at least 4 members (excludes halogenated alkanes) is 1. The highest BCUT2D eigenvalue weighted by molar-refractivity contribution is 7.99. The zero-order chi connectivity index (χ0) is 31.2. The number of methoxy groups -OCH3 is 1. The van der Waals surface area contributed by atoms with Crippen LogP contribution in [0.25, 0.3) is 40.1 Å². The number of benzene rings is 3. The zero-order valence-corrected chi connectivity index (χ0v) is 27.0. The molecule has 0 radical (unpaired) electrons. The number of para-hydroxylation sites is 1. The van der Waals surface area contributed by atoms with Crippen LogP contribution in [0.15, 0.2) is 88.7 Å². The molecule has 10 heteroatoms. The van der Waals surface area contributed by atoms with Crippen molar-refractivity contribution in [2.24, 2.45) is 0 Å². The fraction of sp³-hybridized carbons (Fsp3) is 0.200. The van der Waals surface area contributed by atoms with E-state index in [-0.39, 0.29) is 5.56 Å². The lowest BCUT2D eigenvalue weighted by Crippen LogP contribution is -2.23. The maximum absolute atomic E-state index is 13.4. The molecule has 0 amide bonds. The van der Waals surface area contributed by atoms with E-state index < -0.39 is 0 Å². The van der Waals surface area contributed by atoms with Crippen molar-refractivity contribution in [3.8, 4) is 28.4 Å². The number of aromatic nitrogens is 5. The van der Waals surface area contributed by atoms with Crippen LogP contribution in [0.4, 0.5) is 0 Å². The zero-order valence-electron chi connectivity index (χ0n) is 25.3. The number of fused-ring (bicyclic) bond motifs is 1. The average molecular weight is 636 g/mol. The van der Waals surface area contributed by atoms with Crippen LogP contribution in [-0.2, 0) is 0 Å². The van der Waals surface area contributed by atoms with Crippen LogP contribution >= 0.6 is 23.1 Å². The second-order valence-electron chi connectivity index (χ2n) is 10.2. The van der Waals surface area contributed by atoms with Crippen molar-refractivity contribution in [3.63, 3.8) is 0 Å². The third-order valence-electron chi connectivity index (χ3n) is 7.05. The van der Waals surface area contributed by atoms with Gasteiger partial charge in [-0.15, -0.1) is 16.9 Å². The number of rotatable bonds is 12. The van der Waals surface area contributed by atoms with Gasteiger partial charge in [-0.25, -0.2) is 4.68 Å². The van der Waals surface area contributed by atoms with E-state index in [1.165, 1.54) is 20.7 Å². The maximum Gasteiger partial charge on any atom is 0.291 e. The largest absolute Gasteiger partial charge is 0.493 e. The summed E-state index contributed by atoms with van der Waals surface area (Å²) < 4.78 is 15.1. The Morgan fingerprint density at radius 3 is 2.51 bits per heavy atom. The van der Waals surface area contributed by atoms with Crippen LogP contribution in [0.2, 0.25) is 0 Å². The Hall–Kier alpha value is -4.67. The van der Waals surface area contributed by atoms with E-state index in [4.69, 9.17) is 14.6 Å². The molecule has 228 valence electrons. The van der Waals surface area contributed by atoms with Gasteiger partial charge >= 0.3 is 0 Å². The van der Waals surface area contributed by atoms with Crippen molar-refractivity contribution in [3.05, 3.63) is 111 Å². The first-order valence-electron chi connectivity index (χ1n) is 14.8. The summed E-state index contributed by atoms with van der Waals surface area (Å²) in [4.78, 5) is 19.8. The van der Waals surface area contributed by atoms with E-state index in [2.05, 4.69) is 48.2 Å². The lowest BCUT2D eigenvalue weighted by atomic mass is 10.1. The first kappa shape index (κ1) is 30.4. The smallest absolute Gasteiger partial charge is 0.291 e. The molecule has 0 unspecified atom stereocenters. The molecule has 3 heterocycles. The van der Waals surface area contributed by atoms with E-state index in [0.29, 0.717) is 33.4 Å². The highest BCUT2D eigenvalue weighted by atomic mass is 32.2. The van der Waals surface area contributed by atoms with Crippen molar-refractivity contribution in [1.82, 2.24) is 24.4 Å². The molecule has 0 saturated heterocycles. The number of thioether (sulfide) groups is 1. The number of ether oxygens (including phenoxy) is 2. The van der Waals surface area contributed by atoms with Crippen molar-refractivity contribution in [2.75, 3.05) is 19.5 Å². The lowest BCUT2D eigenvalue weighted by Gasteiger charge is -2.10. The molecule has 0 fully saturated rings. The fourth-order valence-corrected chi connectivity index (χ4v) is 6.34. The summed E-state index contributed by atoms with van der Waals surface area (Å²) in [5.41, 5.74) is 4.25. The highest BCUT2D eigenvalue weighted by Gasteiger charge is 2.14. The van der Waals surface area contributed by atoms with Gasteiger partial charge in [-0.05, 0) is 66.3 Å². The van der Waals surface area contributed by atoms with E-state index >= 15 is 0 Å². The lowest BCUT2D eigenvalue weighted by molar-refractivity contribution is 0.288. The summed E-state index contributed by atoms with van der Waals surface area (Å²) in [6.07, 6.45) is 9.57. The molecule has 0 aliphatic carbocycles. The Labute approximate surface area is 269 Å². The summed E-state index contributed by atoms with van der Waals surface area (Å²) in [5.74, 6) is 2.85. The van der Waals surface area contributed by atoms with Crippen molar-refractivity contribution in [2.45, 2.75) is 31.6 Å². The summed E-state index contributed by atoms with van der Waals surface area (Å²) in [6.45, 7) is 4.92. The molecule has 0 spiro atoms. The summed E-state index contributed by atoms with van der Waals surface area (Å²) in [6, 6.07) is 24.1.